The molecule has 0 heterocycles. The lowest BCUT2D eigenvalue weighted by Gasteiger charge is -2.37. The highest BCUT2D eigenvalue weighted by atomic mass is 16.5. The summed E-state index contributed by atoms with van der Waals surface area (Å²) >= 11 is 0. The minimum Gasteiger partial charge on any atom is -0.457 e. The molecule has 1 aliphatic rings. The molecular formula is C18H28N2O2. The van der Waals surface area contributed by atoms with Crippen molar-refractivity contribution < 1.29 is 9.53 Å². The first-order chi connectivity index (χ1) is 10.6. The Morgan fingerprint density at radius 1 is 1.09 bits per heavy atom. The molecule has 1 saturated carbocycles. The van der Waals surface area contributed by atoms with Gasteiger partial charge in [0.2, 0.25) is 0 Å². The molecule has 0 saturated heterocycles. The van der Waals surface area contributed by atoms with Crippen LogP contribution in [0, 0.1) is 0 Å². The number of benzene rings is 1. The molecule has 0 aliphatic heterocycles. The maximum absolute atomic E-state index is 12.3. The molecule has 22 heavy (non-hydrogen) atoms. The molecule has 1 aromatic rings. The van der Waals surface area contributed by atoms with Crippen LogP contribution in [-0.2, 0) is 4.74 Å². The topological polar surface area (TPSA) is 32.8 Å². The molecule has 1 aromatic carbocycles. The normalized spacial score (nSPS) is 22.0. The Morgan fingerprint density at radius 2 is 1.77 bits per heavy atom. The maximum atomic E-state index is 12.3. The van der Waals surface area contributed by atoms with Crippen LogP contribution in [0.5, 0.6) is 0 Å². The summed E-state index contributed by atoms with van der Waals surface area (Å²) in [5.74, 6) is -0.196. The van der Waals surface area contributed by atoms with E-state index in [2.05, 4.69) is 30.9 Å². The fourth-order valence-electron chi connectivity index (χ4n) is 3.02. The molecule has 122 valence electrons. The van der Waals surface area contributed by atoms with Crippen molar-refractivity contribution in [2.45, 2.75) is 37.8 Å². The number of hydrogen-bond acceptors (Lipinski definition) is 4. The first-order valence-corrected chi connectivity index (χ1v) is 8.19. The molecule has 0 unspecified atom stereocenters. The Kier molecular flexibility index (Phi) is 6.40. The first kappa shape index (κ1) is 17.0. The smallest absolute Gasteiger partial charge is 0.338 e. The minimum atomic E-state index is -0.196. The second kappa shape index (κ2) is 8.30. The van der Waals surface area contributed by atoms with Crippen molar-refractivity contribution in [2.75, 3.05) is 34.2 Å². The predicted octanol–water partition coefficient (Wildman–Crippen LogP) is 2.65. The Morgan fingerprint density at radius 3 is 2.45 bits per heavy atom. The van der Waals surface area contributed by atoms with Crippen LogP contribution in [0.4, 0.5) is 0 Å². The highest BCUT2D eigenvalue weighted by molar-refractivity contribution is 5.89. The standard InChI is InChI=1S/C18H28N2O2/c1-19(2)13-14-20(3)16-11-7-8-12-17(16)22-18(21)15-9-5-4-6-10-15/h4-6,9-10,16-17H,7-8,11-14H2,1-3H3/t16-,17-/m1/s1. The number of likely N-dealkylation sites (N-methyl/N-ethyl adjacent to an activating group) is 2. The van der Waals surface area contributed by atoms with Crippen molar-refractivity contribution >= 4 is 5.97 Å². The number of carbonyl (C=O) groups is 1. The molecule has 1 aliphatic carbocycles. The number of carbonyl (C=O) groups excluding carboxylic acids is 1. The summed E-state index contributed by atoms with van der Waals surface area (Å²) in [6.07, 6.45) is 4.45. The third-order valence-electron chi connectivity index (χ3n) is 4.40. The van der Waals surface area contributed by atoms with Crippen LogP contribution in [-0.4, -0.2) is 62.1 Å². The van der Waals surface area contributed by atoms with Gasteiger partial charge in [-0.1, -0.05) is 24.6 Å². The summed E-state index contributed by atoms with van der Waals surface area (Å²) < 4.78 is 5.82. The third kappa shape index (κ3) is 4.82. The second-order valence-corrected chi connectivity index (χ2v) is 6.45. The van der Waals surface area contributed by atoms with Gasteiger partial charge < -0.3 is 9.64 Å². The summed E-state index contributed by atoms with van der Waals surface area (Å²) in [6.45, 7) is 2.02. The molecule has 4 heteroatoms. The molecular weight excluding hydrogens is 276 g/mol. The quantitative estimate of drug-likeness (QED) is 0.757. The van der Waals surface area contributed by atoms with E-state index >= 15 is 0 Å². The first-order valence-electron chi connectivity index (χ1n) is 8.19. The zero-order valence-corrected chi connectivity index (χ0v) is 14.0. The lowest BCUT2D eigenvalue weighted by Crippen LogP contribution is -2.47. The summed E-state index contributed by atoms with van der Waals surface area (Å²) in [4.78, 5) is 16.8. The van der Waals surface area contributed by atoms with Crippen LogP contribution in [0.25, 0.3) is 0 Å². The largest absolute Gasteiger partial charge is 0.457 e. The number of hydrogen-bond donors (Lipinski definition) is 0. The monoisotopic (exact) mass is 304 g/mol. The Bertz CT molecular complexity index is 461. The number of ether oxygens (including phenoxy) is 1. The van der Waals surface area contributed by atoms with Gasteiger partial charge in [-0.15, -0.1) is 0 Å². The molecule has 0 radical (unpaired) electrons. The van der Waals surface area contributed by atoms with Gasteiger partial charge in [0.1, 0.15) is 6.10 Å². The van der Waals surface area contributed by atoms with Gasteiger partial charge in [0.05, 0.1) is 5.56 Å². The SMILES string of the molecule is CN(C)CCN(C)[C@@H]1CCCC[C@H]1OC(=O)c1ccccc1. The number of nitrogens with zero attached hydrogens (tertiary/aromatic N) is 2. The Hall–Kier alpha value is -1.39. The van der Waals surface area contributed by atoms with Crippen LogP contribution < -0.4 is 0 Å². The van der Waals surface area contributed by atoms with Crippen molar-refractivity contribution in [3.63, 3.8) is 0 Å². The molecule has 0 aromatic heterocycles. The highest BCUT2D eigenvalue weighted by Gasteiger charge is 2.31. The third-order valence-corrected chi connectivity index (χ3v) is 4.40. The van der Waals surface area contributed by atoms with E-state index in [0.29, 0.717) is 11.6 Å². The van der Waals surface area contributed by atoms with Crippen LogP contribution in [0.2, 0.25) is 0 Å². The van der Waals surface area contributed by atoms with Gasteiger partial charge >= 0.3 is 5.97 Å². The highest BCUT2D eigenvalue weighted by Crippen LogP contribution is 2.25. The molecule has 2 rings (SSSR count). The zero-order valence-electron chi connectivity index (χ0n) is 14.0. The van der Waals surface area contributed by atoms with Crippen LogP contribution >= 0.6 is 0 Å². The van der Waals surface area contributed by atoms with Gasteiger partial charge in [-0.2, -0.15) is 0 Å². The number of rotatable bonds is 6. The van der Waals surface area contributed by atoms with Crippen molar-refractivity contribution in [3.8, 4) is 0 Å². The zero-order chi connectivity index (χ0) is 15.9. The van der Waals surface area contributed by atoms with Gasteiger partial charge in [-0.3, -0.25) is 4.90 Å². The van der Waals surface area contributed by atoms with Gasteiger partial charge in [-0.25, -0.2) is 4.79 Å². The Balaban J connectivity index is 1.96. The van der Waals surface area contributed by atoms with E-state index in [1.807, 2.05) is 30.3 Å². The summed E-state index contributed by atoms with van der Waals surface area (Å²) in [6, 6.07) is 9.62. The maximum Gasteiger partial charge on any atom is 0.338 e. The molecule has 1 fully saturated rings. The summed E-state index contributed by atoms with van der Waals surface area (Å²) in [5.41, 5.74) is 0.641. The van der Waals surface area contributed by atoms with Crippen molar-refractivity contribution in [3.05, 3.63) is 35.9 Å². The average molecular weight is 304 g/mol. The van der Waals surface area contributed by atoms with Gasteiger partial charge in [0.25, 0.3) is 0 Å². The van der Waals surface area contributed by atoms with E-state index in [0.717, 1.165) is 32.4 Å². The van der Waals surface area contributed by atoms with Gasteiger partial charge in [0.15, 0.2) is 0 Å². The van der Waals surface area contributed by atoms with Crippen molar-refractivity contribution in [1.82, 2.24) is 9.80 Å². The Labute approximate surface area is 134 Å². The second-order valence-electron chi connectivity index (χ2n) is 6.45. The lowest BCUT2D eigenvalue weighted by atomic mass is 9.91. The van der Waals surface area contributed by atoms with Crippen molar-refractivity contribution in [2.24, 2.45) is 0 Å². The molecule has 0 spiro atoms. The van der Waals surface area contributed by atoms with E-state index in [-0.39, 0.29) is 12.1 Å². The van der Waals surface area contributed by atoms with E-state index in [1.165, 1.54) is 6.42 Å². The van der Waals surface area contributed by atoms with Gasteiger partial charge in [-0.05, 0) is 52.5 Å². The van der Waals surface area contributed by atoms with E-state index in [9.17, 15) is 4.79 Å². The fourth-order valence-corrected chi connectivity index (χ4v) is 3.02. The molecule has 0 amide bonds. The van der Waals surface area contributed by atoms with Crippen LogP contribution in [0.1, 0.15) is 36.0 Å². The van der Waals surface area contributed by atoms with Gasteiger partial charge in [0, 0.05) is 19.1 Å². The average Bonchev–Trinajstić information content (AvgIpc) is 2.54. The molecule has 4 nitrogen and oxygen atoms in total. The van der Waals surface area contributed by atoms with Crippen LogP contribution in [0.15, 0.2) is 30.3 Å². The van der Waals surface area contributed by atoms with E-state index < -0.39 is 0 Å². The predicted molar refractivity (Wildman–Crippen MR) is 89.1 cm³/mol. The molecule has 2 atom stereocenters. The summed E-state index contributed by atoms with van der Waals surface area (Å²) in [7, 11) is 6.31. The summed E-state index contributed by atoms with van der Waals surface area (Å²) in [5, 5.41) is 0. The van der Waals surface area contributed by atoms with Crippen LogP contribution in [0.3, 0.4) is 0 Å². The minimum absolute atomic E-state index is 0.00798. The fraction of sp³-hybridized carbons (Fsp3) is 0.611. The molecule has 0 bridgehead atoms. The van der Waals surface area contributed by atoms with E-state index in [1.54, 1.807) is 0 Å². The van der Waals surface area contributed by atoms with E-state index in [4.69, 9.17) is 4.74 Å². The number of esters is 1. The lowest BCUT2D eigenvalue weighted by molar-refractivity contribution is -0.0127. The van der Waals surface area contributed by atoms with Crippen molar-refractivity contribution in [1.29, 1.82) is 0 Å². The molecule has 0 N–H and O–H groups in total.